The summed E-state index contributed by atoms with van der Waals surface area (Å²) in [6, 6.07) is 28.8. The average Bonchev–Trinajstić information content (AvgIpc) is 2.98. The Hall–Kier alpha value is -5.11. The molecule has 0 atom stereocenters. The number of anilines is 1. The third kappa shape index (κ3) is 5.31. The quantitative estimate of drug-likeness (QED) is 0.324. The van der Waals surface area contributed by atoms with Crippen molar-refractivity contribution in [1.82, 2.24) is 9.13 Å². The van der Waals surface area contributed by atoms with E-state index in [1.54, 1.807) is 41.0 Å². The zero-order valence-electron chi connectivity index (χ0n) is 21.6. The van der Waals surface area contributed by atoms with Crippen LogP contribution in [-0.4, -0.2) is 29.3 Å². The minimum absolute atomic E-state index is 0.0390. The fourth-order valence-electron chi connectivity index (χ4n) is 4.47. The third-order valence-corrected chi connectivity index (χ3v) is 6.50. The van der Waals surface area contributed by atoms with Crippen molar-refractivity contribution in [3.63, 3.8) is 0 Å². The Morgan fingerprint density at radius 1 is 0.718 bits per heavy atom. The Balaban J connectivity index is 1.54. The number of ether oxygens (including phenoxy) is 2. The lowest BCUT2D eigenvalue weighted by Gasteiger charge is -2.17. The summed E-state index contributed by atoms with van der Waals surface area (Å²) in [5.41, 5.74) is 2.34. The van der Waals surface area contributed by atoms with Crippen LogP contribution in [0.25, 0.3) is 10.9 Å². The van der Waals surface area contributed by atoms with Crippen LogP contribution in [0.3, 0.4) is 0 Å². The molecule has 0 aliphatic carbocycles. The monoisotopic (exact) mass is 521 g/mol. The second-order valence-corrected chi connectivity index (χ2v) is 8.99. The maximum absolute atomic E-state index is 13.7. The molecule has 0 aliphatic rings. The summed E-state index contributed by atoms with van der Waals surface area (Å²) < 4.78 is 13.6. The number of benzene rings is 4. The van der Waals surface area contributed by atoms with Gasteiger partial charge in [0.05, 0.1) is 38.2 Å². The highest BCUT2D eigenvalue weighted by Crippen LogP contribution is 2.30. The van der Waals surface area contributed by atoms with Crippen LogP contribution >= 0.6 is 0 Å². The highest BCUT2D eigenvalue weighted by molar-refractivity contribution is 6.04. The number of hydrogen-bond acceptors (Lipinski definition) is 5. The smallest absolute Gasteiger partial charge is 0.332 e. The van der Waals surface area contributed by atoms with Gasteiger partial charge in [-0.1, -0.05) is 60.7 Å². The van der Waals surface area contributed by atoms with Crippen LogP contribution < -0.4 is 26.0 Å². The second kappa shape index (κ2) is 11.1. The van der Waals surface area contributed by atoms with Crippen molar-refractivity contribution in [2.45, 2.75) is 13.1 Å². The first-order valence-corrected chi connectivity index (χ1v) is 12.4. The standard InChI is InChI=1S/C31H27N3O5/c1-38-27-17-25-26(18-28(27)39-2)33(19-21-9-5-3-6-10-21)31(37)34(30(25)36)20-22-13-15-23(16-14-22)29(35)32-24-11-7-4-8-12-24/h3-18H,19-20H2,1-2H3,(H,32,35). The number of amides is 1. The Kier molecular flexibility index (Phi) is 7.27. The summed E-state index contributed by atoms with van der Waals surface area (Å²) in [7, 11) is 3.01. The molecule has 0 aliphatic heterocycles. The molecular weight excluding hydrogens is 494 g/mol. The Morgan fingerprint density at radius 2 is 1.28 bits per heavy atom. The van der Waals surface area contributed by atoms with Crippen LogP contribution in [0.4, 0.5) is 5.69 Å². The van der Waals surface area contributed by atoms with Crippen molar-refractivity contribution < 1.29 is 14.3 Å². The maximum Gasteiger partial charge on any atom is 0.332 e. The minimum atomic E-state index is -0.450. The van der Waals surface area contributed by atoms with Gasteiger partial charge in [0.2, 0.25) is 0 Å². The minimum Gasteiger partial charge on any atom is -0.493 e. The average molecular weight is 522 g/mol. The molecule has 39 heavy (non-hydrogen) atoms. The van der Waals surface area contributed by atoms with E-state index in [2.05, 4.69) is 5.32 Å². The predicted octanol–water partition coefficient (Wildman–Crippen LogP) is 4.53. The molecule has 0 saturated carbocycles. The maximum atomic E-state index is 13.7. The molecule has 0 saturated heterocycles. The van der Waals surface area contributed by atoms with Gasteiger partial charge in [-0.05, 0) is 41.5 Å². The van der Waals surface area contributed by atoms with Crippen LogP contribution in [0.15, 0.2) is 107 Å². The molecular formula is C31H27N3O5. The summed E-state index contributed by atoms with van der Waals surface area (Å²) in [6.45, 7) is 0.307. The summed E-state index contributed by atoms with van der Waals surface area (Å²) in [4.78, 5) is 40.0. The molecule has 0 bridgehead atoms. The van der Waals surface area contributed by atoms with E-state index in [1.165, 1.54) is 18.8 Å². The second-order valence-electron chi connectivity index (χ2n) is 8.99. The summed E-state index contributed by atoms with van der Waals surface area (Å²) in [5, 5.41) is 3.18. The van der Waals surface area contributed by atoms with Gasteiger partial charge < -0.3 is 14.8 Å². The van der Waals surface area contributed by atoms with E-state index in [0.29, 0.717) is 39.2 Å². The van der Waals surface area contributed by atoms with Gasteiger partial charge in [0.25, 0.3) is 11.5 Å². The molecule has 0 fully saturated rings. The van der Waals surface area contributed by atoms with Crippen molar-refractivity contribution in [3.8, 4) is 11.5 Å². The van der Waals surface area contributed by atoms with Crippen molar-refractivity contribution in [2.75, 3.05) is 19.5 Å². The Bertz CT molecular complexity index is 1740. The van der Waals surface area contributed by atoms with Crippen LogP contribution in [0.2, 0.25) is 0 Å². The van der Waals surface area contributed by atoms with Crippen molar-refractivity contribution in [3.05, 3.63) is 135 Å². The molecule has 5 aromatic rings. The van der Waals surface area contributed by atoms with Crippen LogP contribution in [0.5, 0.6) is 11.5 Å². The Morgan fingerprint density at radius 3 is 1.92 bits per heavy atom. The molecule has 0 spiro atoms. The zero-order chi connectivity index (χ0) is 27.4. The molecule has 1 N–H and O–H groups in total. The molecule has 1 aromatic heterocycles. The number of para-hydroxylation sites is 1. The lowest BCUT2D eigenvalue weighted by molar-refractivity contribution is 0.102. The number of hydrogen-bond donors (Lipinski definition) is 1. The van der Waals surface area contributed by atoms with Gasteiger partial charge in [-0.3, -0.25) is 18.7 Å². The fraction of sp³-hybridized carbons (Fsp3) is 0.129. The van der Waals surface area contributed by atoms with Crippen molar-refractivity contribution in [2.24, 2.45) is 0 Å². The first kappa shape index (κ1) is 25.5. The summed E-state index contributed by atoms with van der Waals surface area (Å²) >= 11 is 0. The van der Waals surface area contributed by atoms with Crippen LogP contribution in [-0.2, 0) is 13.1 Å². The summed E-state index contributed by atoms with van der Waals surface area (Å²) in [5.74, 6) is 0.571. The van der Waals surface area contributed by atoms with E-state index in [9.17, 15) is 14.4 Å². The van der Waals surface area contributed by atoms with Gasteiger partial charge in [-0.15, -0.1) is 0 Å². The van der Waals surface area contributed by atoms with Gasteiger partial charge in [-0.2, -0.15) is 0 Å². The van der Waals surface area contributed by atoms with Crippen LogP contribution in [0.1, 0.15) is 21.5 Å². The number of aromatic nitrogens is 2. The first-order valence-electron chi connectivity index (χ1n) is 12.4. The molecule has 1 amide bonds. The number of methoxy groups -OCH3 is 2. The SMILES string of the molecule is COc1cc2c(=O)n(Cc3ccc(C(=O)Nc4ccccc4)cc3)c(=O)n(Cc3ccccc3)c2cc1OC. The Labute approximate surface area is 224 Å². The zero-order valence-corrected chi connectivity index (χ0v) is 21.6. The molecule has 8 nitrogen and oxygen atoms in total. The largest absolute Gasteiger partial charge is 0.493 e. The topological polar surface area (TPSA) is 91.6 Å². The lowest BCUT2D eigenvalue weighted by Crippen LogP contribution is -2.40. The van der Waals surface area contributed by atoms with Gasteiger partial charge in [-0.25, -0.2) is 4.79 Å². The van der Waals surface area contributed by atoms with E-state index in [-0.39, 0.29) is 19.0 Å². The third-order valence-electron chi connectivity index (χ3n) is 6.50. The molecule has 4 aromatic carbocycles. The molecule has 5 rings (SSSR count). The van der Waals surface area contributed by atoms with E-state index in [0.717, 1.165) is 5.56 Å². The van der Waals surface area contributed by atoms with E-state index in [4.69, 9.17) is 9.47 Å². The van der Waals surface area contributed by atoms with Crippen molar-refractivity contribution >= 4 is 22.5 Å². The normalized spacial score (nSPS) is 10.8. The molecule has 8 heteroatoms. The number of fused-ring (bicyclic) bond motifs is 1. The van der Waals surface area contributed by atoms with E-state index >= 15 is 0 Å². The predicted molar refractivity (Wildman–Crippen MR) is 151 cm³/mol. The number of rotatable bonds is 8. The number of carbonyl (C=O) groups is 1. The fourth-order valence-corrected chi connectivity index (χ4v) is 4.47. The molecule has 196 valence electrons. The first-order chi connectivity index (χ1) is 19.0. The van der Waals surface area contributed by atoms with Gasteiger partial charge in [0, 0.05) is 17.3 Å². The highest BCUT2D eigenvalue weighted by atomic mass is 16.5. The summed E-state index contributed by atoms with van der Waals surface area (Å²) in [6.07, 6.45) is 0. The lowest BCUT2D eigenvalue weighted by atomic mass is 10.1. The number of nitrogens with zero attached hydrogens (tertiary/aromatic N) is 2. The molecule has 0 radical (unpaired) electrons. The highest BCUT2D eigenvalue weighted by Gasteiger charge is 2.18. The molecule has 1 heterocycles. The van der Waals surface area contributed by atoms with Gasteiger partial charge >= 0.3 is 5.69 Å². The van der Waals surface area contributed by atoms with Crippen molar-refractivity contribution in [1.29, 1.82) is 0 Å². The van der Waals surface area contributed by atoms with E-state index < -0.39 is 11.2 Å². The molecule has 0 unspecified atom stereocenters. The number of nitrogens with one attached hydrogen (secondary N) is 1. The van der Waals surface area contributed by atoms with Crippen LogP contribution in [0, 0.1) is 0 Å². The number of carbonyl (C=O) groups excluding carboxylic acids is 1. The van der Waals surface area contributed by atoms with Gasteiger partial charge in [0.1, 0.15) is 0 Å². The van der Waals surface area contributed by atoms with E-state index in [1.807, 2.05) is 60.7 Å². The van der Waals surface area contributed by atoms with Gasteiger partial charge in [0.15, 0.2) is 11.5 Å².